The molecule has 0 amide bonds. The number of hydrogen-bond acceptors (Lipinski definition) is 2. The van der Waals surface area contributed by atoms with E-state index < -0.39 is 0 Å². The van der Waals surface area contributed by atoms with Crippen LogP contribution in [0.3, 0.4) is 0 Å². The Hall–Kier alpha value is -4.37. The molecule has 0 radical (unpaired) electrons. The molecular formula is C42H32ClNS. The average Bonchev–Trinajstić information content (AvgIpc) is 3.63. The highest BCUT2D eigenvalue weighted by atomic mass is 35.5. The van der Waals surface area contributed by atoms with Gasteiger partial charge >= 0.3 is 0 Å². The summed E-state index contributed by atoms with van der Waals surface area (Å²) in [6.07, 6.45) is 0. The van der Waals surface area contributed by atoms with Crippen LogP contribution < -0.4 is 4.90 Å². The Kier molecular flexibility index (Phi) is 5.59. The van der Waals surface area contributed by atoms with E-state index in [1.54, 1.807) is 0 Å². The van der Waals surface area contributed by atoms with Crippen LogP contribution in [-0.2, 0) is 10.8 Å². The van der Waals surface area contributed by atoms with Crippen molar-refractivity contribution in [3.63, 3.8) is 0 Å². The van der Waals surface area contributed by atoms with Gasteiger partial charge in [0.25, 0.3) is 0 Å². The van der Waals surface area contributed by atoms with E-state index >= 15 is 0 Å². The molecule has 0 N–H and O–H groups in total. The van der Waals surface area contributed by atoms with Gasteiger partial charge in [-0.3, -0.25) is 0 Å². The summed E-state index contributed by atoms with van der Waals surface area (Å²) in [5.41, 5.74) is 14.1. The molecule has 45 heavy (non-hydrogen) atoms. The van der Waals surface area contributed by atoms with Crippen molar-refractivity contribution in [2.75, 3.05) is 4.90 Å². The molecule has 0 saturated heterocycles. The van der Waals surface area contributed by atoms with E-state index in [2.05, 4.69) is 148 Å². The lowest BCUT2D eigenvalue weighted by molar-refractivity contribution is 0.660. The fourth-order valence-corrected chi connectivity index (χ4v) is 9.65. The van der Waals surface area contributed by atoms with Gasteiger partial charge in [-0.05, 0) is 81.4 Å². The molecule has 2 aliphatic carbocycles. The van der Waals surface area contributed by atoms with E-state index in [-0.39, 0.29) is 10.8 Å². The third-order valence-corrected chi connectivity index (χ3v) is 11.8. The molecule has 0 saturated carbocycles. The van der Waals surface area contributed by atoms with E-state index in [0.29, 0.717) is 0 Å². The molecule has 3 heteroatoms. The van der Waals surface area contributed by atoms with Crippen molar-refractivity contribution in [3.05, 3.63) is 149 Å². The molecule has 1 heterocycles. The van der Waals surface area contributed by atoms with E-state index in [1.807, 2.05) is 17.4 Å². The number of hydrogen-bond donors (Lipinski definition) is 0. The van der Waals surface area contributed by atoms with Crippen LogP contribution in [0.5, 0.6) is 0 Å². The quantitative estimate of drug-likeness (QED) is 0.191. The van der Waals surface area contributed by atoms with Crippen molar-refractivity contribution in [2.45, 2.75) is 38.5 Å². The zero-order valence-electron chi connectivity index (χ0n) is 25.8. The van der Waals surface area contributed by atoms with Crippen molar-refractivity contribution in [3.8, 4) is 22.3 Å². The van der Waals surface area contributed by atoms with Crippen LogP contribution in [-0.4, -0.2) is 0 Å². The lowest BCUT2D eigenvalue weighted by atomic mass is 9.82. The first-order valence-corrected chi connectivity index (χ1v) is 16.8. The maximum atomic E-state index is 7.00. The molecule has 1 nitrogen and oxygen atoms in total. The van der Waals surface area contributed by atoms with Gasteiger partial charge in [-0.2, -0.15) is 0 Å². The molecule has 0 aliphatic heterocycles. The van der Waals surface area contributed by atoms with Crippen LogP contribution in [0.1, 0.15) is 49.9 Å². The Balaban J connectivity index is 1.40. The van der Waals surface area contributed by atoms with Crippen LogP contribution >= 0.6 is 22.9 Å². The minimum absolute atomic E-state index is 0.0522. The standard InChI is InChI=1S/C42H32ClNS/c1-41(2)29-14-7-5-12-26(29)28-24-25(22-23-31(28)41)44(35-19-11-21-37-40(35)39-33(43)17-10-20-36(39)45-37)34-18-9-16-32-38(34)27-13-6-8-15-30(27)42(32,3)4/h5-24H,1-4H3. The summed E-state index contributed by atoms with van der Waals surface area (Å²) in [7, 11) is 0. The highest BCUT2D eigenvalue weighted by Gasteiger charge is 2.39. The van der Waals surface area contributed by atoms with E-state index in [1.165, 1.54) is 65.0 Å². The van der Waals surface area contributed by atoms with Crippen molar-refractivity contribution in [1.29, 1.82) is 0 Å². The van der Waals surface area contributed by atoms with Gasteiger partial charge < -0.3 is 4.90 Å². The molecular weight excluding hydrogens is 586 g/mol. The fraction of sp³-hybridized carbons (Fsp3) is 0.143. The van der Waals surface area contributed by atoms with Gasteiger partial charge in [0.15, 0.2) is 0 Å². The largest absolute Gasteiger partial charge is 0.309 e. The van der Waals surface area contributed by atoms with Gasteiger partial charge in [-0.1, -0.05) is 118 Å². The van der Waals surface area contributed by atoms with Crippen LogP contribution in [0.4, 0.5) is 17.1 Å². The summed E-state index contributed by atoms with van der Waals surface area (Å²) in [5, 5.41) is 3.12. The Morgan fingerprint density at radius 1 is 0.511 bits per heavy atom. The molecule has 6 aromatic carbocycles. The first-order valence-electron chi connectivity index (χ1n) is 15.6. The highest BCUT2D eigenvalue weighted by molar-refractivity contribution is 7.26. The second-order valence-corrected chi connectivity index (χ2v) is 15.0. The summed E-state index contributed by atoms with van der Waals surface area (Å²) in [5.74, 6) is 0. The SMILES string of the molecule is CC1(C)c2ccccc2-c2cc(N(c3cccc4c3-c3ccccc3C4(C)C)c3cccc4sc5cccc(Cl)c5c34)ccc21. The number of rotatable bonds is 3. The van der Waals surface area contributed by atoms with Gasteiger partial charge in [0.1, 0.15) is 0 Å². The second-order valence-electron chi connectivity index (χ2n) is 13.5. The molecule has 0 bridgehead atoms. The summed E-state index contributed by atoms with van der Waals surface area (Å²) in [6, 6.07) is 44.8. The highest BCUT2D eigenvalue weighted by Crippen LogP contribution is 2.57. The molecule has 2 aliphatic rings. The van der Waals surface area contributed by atoms with Gasteiger partial charge in [-0.15, -0.1) is 11.3 Å². The van der Waals surface area contributed by atoms with Crippen LogP contribution in [0, 0.1) is 0 Å². The Labute approximate surface area is 273 Å². The Morgan fingerprint density at radius 2 is 1.09 bits per heavy atom. The van der Waals surface area contributed by atoms with Crippen LogP contribution in [0.25, 0.3) is 42.4 Å². The van der Waals surface area contributed by atoms with Crippen molar-refractivity contribution in [2.24, 2.45) is 0 Å². The number of anilines is 3. The zero-order chi connectivity index (χ0) is 30.7. The van der Waals surface area contributed by atoms with Crippen molar-refractivity contribution in [1.82, 2.24) is 0 Å². The average molecular weight is 618 g/mol. The first kappa shape index (κ1) is 27.0. The third-order valence-electron chi connectivity index (χ3n) is 10.3. The monoisotopic (exact) mass is 617 g/mol. The number of nitrogens with zero attached hydrogens (tertiary/aromatic N) is 1. The number of halogens is 1. The molecule has 9 rings (SSSR count). The predicted octanol–water partition coefficient (Wildman–Crippen LogP) is 12.8. The zero-order valence-corrected chi connectivity index (χ0v) is 27.4. The topological polar surface area (TPSA) is 3.24 Å². The van der Waals surface area contributed by atoms with Crippen molar-refractivity contribution >= 4 is 60.2 Å². The van der Waals surface area contributed by atoms with Crippen molar-refractivity contribution < 1.29 is 0 Å². The summed E-state index contributed by atoms with van der Waals surface area (Å²) in [4.78, 5) is 2.50. The van der Waals surface area contributed by atoms with E-state index in [0.717, 1.165) is 21.8 Å². The molecule has 0 spiro atoms. The smallest absolute Gasteiger partial charge is 0.0555 e. The van der Waals surface area contributed by atoms with Crippen LogP contribution in [0.15, 0.2) is 121 Å². The summed E-state index contributed by atoms with van der Waals surface area (Å²) in [6.45, 7) is 9.40. The molecule has 0 unspecified atom stereocenters. The van der Waals surface area contributed by atoms with Gasteiger partial charge in [0.2, 0.25) is 0 Å². The minimum Gasteiger partial charge on any atom is -0.309 e. The van der Waals surface area contributed by atoms with E-state index in [4.69, 9.17) is 11.6 Å². The maximum Gasteiger partial charge on any atom is 0.0555 e. The Bertz CT molecular complexity index is 2360. The molecule has 218 valence electrons. The third kappa shape index (κ3) is 3.61. The molecule has 0 atom stereocenters. The first-order chi connectivity index (χ1) is 21.8. The van der Waals surface area contributed by atoms with E-state index in [9.17, 15) is 0 Å². The lowest BCUT2D eigenvalue weighted by Gasteiger charge is -2.30. The van der Waals surface area contributed by atoms with Crippen LogP contribution in [0.2, 0.25) is 5.02 Å². The molecule has 0 fully saturated rings. The molecule has 7 aromatic rings. The normalized spacial score (nSPS) is 15.1. The summed E-state index contributed by atoms with van der Waals surface area (Å²) < 4.78 is 2.45. The maximum absolute atomic E-state index is 7.00. The number of thiophene rings is 1. The fourth-order valence-electron chi connectivity index (χ4n) is 8.17. The number of benzene rings is 6. The second kappa shape index (κ2) is 9.33. The lowest BCUT2D eigenvalue weighted by Crippen LogP contribution is -2.16. The summed E-state index contributed by atoms with van der Waals surface area (Å²) >= 11 is 8.81. The van der Waals surface area contributed by atoms with Gasteiger partial charge in [0, 0.05) is 47.3 Å². The molecule has 1 aromatic heterocycles. The minimum atomic E-state index is -0.0983. The van der Waals surface area contributed by atoms with Gasteiger partial charge in [0.05, 0.1) is 11.4 Å². The van der Waals surface area contributed by atoms with Gasteiger partial charge in [-0.25, -0.2) is 0 Å². The number of fused-ring (bicyclic) bond motifs is 9. The predicted molar refractivity (Wildman–Crippen MR) is 194 cm³/mol. The Morgan fingerprint density at radius 3 is 1.89 bits per heavy atom.